The van der Waals surface area contributed by atoms with Gasteiger partial charge in [-0.25, -0.2) is 9.97 Å². The Morgan fingerprint density at radius 1 is 1.35 bits per heavy atom. The maximum atomic E-state index is 5.65. The number of pyridine rings is 1. The van der Waals surface area contributed by atoms with E-state index in [-0.39, 0.29) is 6.10 Å². The molecule has 0 bridgehead atoms. The van der Waals surface area contributed by atoms with E-state index in [0.29, 0.717) is 12.4 Å². The molecule has 2 aromatic heterocycles. The standard InChI is InChI=1S/C12H15N3OS/c1-9(2)16-11-10(4-3-5-13-11)8-15-12-14-6-7-17-12/h3-7,9H,8H2,1-2H3,(H,14,15). The number of thiazole rings is 1. The molecule has 0 aliphatic carbocycles. The van der Waals surface area contributed by atoms with Gasteiger partial charge in [-0.1, -0.05) is 6.07 Å². The van der Waals surface area contributed by atoms with Crippen molar-refractivity contribution >= 4 is 16.5 Å². The zero-order chi connectivity index (χ0) is 12.1. The van der Waals surface area contributed by atoms with Crippen molar-refractivity contribution in [3.05, 3.63) is 35.5 Å². The van der Waals surface area contributed by atoms with E-state index >= 15 is 0 Å². The van der Waals surface area contributed by atoms with Crippen LogP contribution in [0.2, 0.25) is 0 Å². The Hall–Kier alpha value is -1.62. The molecule has 2 rings (SSSR count). The molecular weight excluding hydrogens is 234 g/mol. The van der Waals surface area contributed by atoms with Gasteiger partial charge < -0.3 is 10.1 Å². The van der Waals surface area contributed by atoms with Crippen LogP contribution in [0.15, 0.2) is 29.9 Å². The third-order valence-electron chi connectivity index (χ3n) is 2.06. The molecule has 17 heavy (non-hydrogen) atoms. The summed E-state index contributed by atoms with van der Waals surface area (Å²) in [7, 11) is 0. The van der Waals surface area contributed by atoms with E-state index in [1.54, 1.807) is 23.7 Å². The van der Waals surface area contributed by atoms with Crippen LogP contribution in [0.4, 0.5) is 5.13 Å². The average molecular weight is 249 g/mol. The quantitative estimate of drug-likeness (QED) is 0.885. The molecule has 0 aliphatic rings. The Morgan fingerprint density at radius 2 is 2.24 bits per heavy atom. The lowest BCUT2D eigenvalue weighted by Crippen LogP contribution is -2.10. The lowest BCUT2D eigenvalue weighted by Gasteiger charge is -2.12. The number of nitrogens with zero attached hydrogens (tertiary/aromatic N) is 2. The normalized spacial score (nSPS) is 10.5. The Kier molecular flexibility index (Phi) is 3.93. The highest BCUT2D eigenvalue weighted by Crippen LogP contribution is 2.18. The van der Waals surface area contributed by atoms with Crippen LogP contribution < -0.4 is 10.1 Å². The van der Waals surface area contributed by atoms with Crippen LogP contribution in [0, 0.1) is 0 Å². The molecule has 2 aromatic rings. The fourth-order valence-corrected chi connectivity index (χ4v) is 1.90. The monoisotopic (exact) mass is 249 g/mol. The van der Waals surface area contributed by atoms with Crippen molar-refractivity contribution in [1.82, 2.24) is 9.97 Å². The summed E-state index contributed by atoms with van der Waals surface area (Å²) in [6.45, 7) is 4.66. The van der Waals surface area contributed by atoms with Crippen LogP contribution in [0.5, 0.6) is 5.88 Å². The summed E-state index contributed by atoms with van der Waals surface area (Å²) in [5.74, 6) is 0.687. The molecule has 0 aromatic carbocycles. The molecule has 1 N–H and O–H groups in total. The molecule has 0 radical (unpaired) electrons. The highest BCUT2D eigenvalue weighted by Gasteiger charge is 2.06. The minimum Gasteiger partial charge on any atom is -0.475 e. The molecular formula is C12H15N3OS. The summed E-state index contributed by atoms with van der Waals surface area (Å²) < 4.78 is 5.65. The molecule has 5 heteroatoms. The van der Waals surface area contributed by atoms with E-state index in [9.17, 15) is 0 Å². The van der Waals surface area contributed by atoms with Crippen LogP contribution in [0.3, 0.4) is 0 Å². The van der Waals surface area contributed by atoms with Gasteiger partial charge in [0.2, 0.25) is 5.88 Å². The summed E-state index contributed by atoms with van der Waals surface area (Å²) >= 11 is 1.58. The third kappa shape index (κ3) is 3.42. The van der Waals surface area contributed by atoms with Gasteiger partial charge in [-0.15, -0.1) is 11.3 Å². The predicted octanol–water partition coefficient (Wildman–Crippen LogP) is 2.94. The molecule has 0 saturated carbocycles. The van der Waals surface area contributed by atoms with Gasteiger partial charge in [0.1, 0.15) is 0 Å². The lowest BCUT2D eigenvalue weighted by molar-refractivity contribution is 0.230. The van der Waals surface area contributed by atoms with Crippen LogP contribution >= 0.6 is 11.3 Å². The number of anilines is 1. The molecule has 0 saturated heterocycles. The van der Waals surface area contributed by atoms with Crippen LogP contribution in [-0.2, 0) is 6.54 Å². The molecule has 0 unspecified atom stereocenters. The lowest BCUT2D eigenvalue weighted by atomic mass is 10.2. The Labute approximate surface area is 105 Å². The van der Waals surface area contributed by atoms with Crippen molar-refractivity contribution in [2.75, 3.05) is 5.32 Å². The smallest absolute Gasteiger partial charge is 0.218 e. The van der Waals surface area contributed by atoms with Gasteiger partial charge in [0, 0.05) is 29.9 Å². The van der Waals surface area contributed by atoms with Gasteiger partial charge in [0.05, 0.1) is 6.10 Å². The number of rotatable bonds is 5. The molecule has 0 aliphatic heterocycles. The molecule has 0 spiro atoms. The molecule has 2 heterocycles. The van der Waals surface area contributed by atoms with Crippen molar-refractivity contribution in [3.8, 4) is 5.88 Å². The van der Waals surface area contributed by atoms with Crippen LogP contribution in [-0.4, -0.2) is 16.1 Å². The zero-order valence-electron chi connectivity index (χ0n) is 9.88. The highest BCUT2D eigenvalue weighted by atomic mass is 32.1. The SMILES string of the molecule is CC(C)Oc1ncccc1CNc1nccs1. The van der Waals surface area contributed by atoms with Gasteiger partial charge in [0.15, 0.2) is 5.13 Å². The van der Waals surface area contributed by atoms with E-state index in [1.165, 1.54) is 0 Å². The van der Waals surface area contributed by atoms with E-state index in [4.69, 9.17) is 4.74 Å². The second-order valence-corrected chi connectivity index (χ2v) is 4.72. The first-order valence-corrected chi connectivity index (χ1v) is 6.37. The van der Waals surface area contributed by atoms with Gasteiger partial charge >= 0.3 is 0 Å². The maximum Gasteiger partial charge on any atom is 0.218 e. The topological polar surface area (TPSA) is 47.0 Å². The van der Waals surface area contributed by atoms with Gasteiger partial charge in [-0.3, -0.25) is 0 Å². The first-order valence-electron chi connectivity index (χ1n) is 5.49. The minimum atomic E-state index is 0.128. The Morgan fingerprint density at radius 3 is 2.94 bits per heavy atom. The molecule has 0 amide bonds. The second kappa shape index (κ2) is 5.63. The van der Waals surface area contributed by atoms with E-state index in [1.807, 2.05) is 31.4 Å². The Balaban J connectivity index is 2.04. The number of nitrogens with one attached hydrogen (secondary N) is 1. The summed E-state index contributed by atoms with van der Waals surface area (Å²) in [5, 5.41) is 6.09. The van der Waals surface area contributed by atoms with E-state index in [2.05, 4.69) is 15.3 Å². The zero-order valence-corrected chi connectivity index (χ0v) is 10.7. The number of ether oxygens (including phenoxy) is 1. The summed E-state index contributed by atoms with van der Waals surface area (Å²) in [6.07, 6.45) is 3.65. The fraction of sp³-hybridized carbons (Fsp3) is 0.333. The Bertz CT molecular complexity index is 457. The van der Waals surface area contributed by atoms with E-state index < -0.39 is 0 Å². The van der Waals surface area contributed by atoms with E-state index in [0.717, 1.165) is 10.7 Å². The second-order valence-electron chi connectivity index (χ2n) is 3.83. The molecule has 4 nitrogen and oxygen atoms in total. The highest BCUT2D eigenvalue weighted by molar-refractivity contribution is 7.13. The van der Waals surface area contributed by atoms with Crippen LogP contribution in [0.1, 0.15) is 19.4 Å². The summed E-state index contributed by atoms with van der Waals surface area (Å²) in [4.78, 5) is 8.41. The van der Waals surface area contributed by atoms with Crippen molar-refractivity contribution in [1.29, 1.82) is 0 Å². The first kappa shape index (κ1) is 11.9. The fourth-order valence-electron chi connectivity index (χ4n) is 1.37. The third-order valence-corrected chi connectivity index (χ3v) is 2.79. The van der Waals surface area contributed by atoms with Gasteiger partial charge in [-0.2, -0.15) is 0 Å². The van der Waals surface area contributed by atoms with Crippen LogP contribution in [0.25, 0.3) is 0 Å². The summed E-state index contributed by atoms with van der Waals surface area (Å²) in [5.41, 5.74) is 1.04. The molecule has 0 fully saturated rings. The largest absolute Gasteiger partial charge is 0.475 e. The summed E-state index contributed by atoms with van der Waals surface area (Å²) in [6, 6.07) is 3.91. The first-order chi connectivity index (χ1) is 8.25. The predicted molar refractivity (Wildman–Crippen MR) is 69.4 cm³/mol. The van der Waals surface area contributed by atoms with Crippen molar-refractivity contribution < 1.29 is 4.74 Å². The minimum absolute atomic E-state index is 0.128. The molecule has 90 valence electrons. The molecule has 0 atom stereocenters. The maximum absolute atomic E-state index is 5.65. The number of hydrogen-bond acceptors (Lipinski definition) is 5. The van der Waals surface area contributed by atoms with Gasteiger partial charge in [-0.05, 0) is 19.9 Å². The number of aromatic nitrogens is 2. The number of hydrogen-bond donors (Lipinski definition) is 1. The van der Waals surface area contributed by atoms with Crippen molar-refractivity contribution in [3.63, 3.8) is 0 Å². The average Bonchev–Trinajstić information content (AvgIpc) is 2.80. The van der Waals surface area contributed by atoms with Crippen molar-refractivity contribution in [2.45, 2.75) is 26.5 Å². The van der Waals surface area contributed by atoms with Gasteiger partial charge in [0.25, 0.3) is 0 Å². The van der Waals surface area contributed by atoms with Crippen molar-refractivity contribution in [2.24, 2.45) is 0 Å².